The van der Waals surface area contributed by atoms with Crippen LogP contribution in [0.15, 0.2) is 30.7 Å². The second-order valence-corrected chi connectivity index (χ2v) is 11.8. The molecule has 1 atom stereocenters. The van der Waals surface area contributed by atoms with E-state index in [-0.39, 0.29) is 5.54 Å². The van der Waals surface area contributed by atoms with Crippen molar-refractivity contribution in [3.8, 4) is 11.4 Å². The Hall–Kier alpha value is -2.80. The van der Waals surface area contributed by atoms with Crippen LogP contribution >= 0.6 is 0 Å². The van der Waals surface area contributed by atoms with Gasteiger partial charge in [0.2, 0.25) is 0 Å². The molecule has 3 aliphatic rings. The van der Waals surface area contributed by atoms with Gasteiger partial charge in [-0.3, -0.25) is 4.98 Å². The number of nitrogens with one attached hydrogen (secondary N) is 2. The fourth-order valence-electron chi connectivity index (χ4n) is 6.11. The molecule has 190 valence electrons. The van der Waals surface area contributed by atoms with Crippen molar-refractivity contribution >= 4 is 22.5 Å². The third kappa shape index (κ3) is 4.90. The topological polar surface area (TPSA) is 78.9 Å². The number of aromatic nitrogens is 4. The molecule has 0 radical (unpaired) electrons. The summed E-state index contributed by atoms with van der Waals surface area (Å²) in [7, 11) is 0. The molecule has 2 saturated carbocycles. The minimum atomic E-state index is 0.0332. The molecule has 2 N–H and O–H groups in total. The summed E-state index contributed by atoms with van der Waals surface area (Å²) in [6, 6.07) is 4.56. The summed E-state index contributed by atoms with van der Waals surface area (Å²) in [6.45, 7) is 9.62. The molecule has 3 aromatic heterocycles. The second-order valence-electron chi connectivity index (χ2n) is 11.8. The lowest BCUT2D eigenvalue weighted by atomic mass is 9.84. The highest BCUT2D eigenvalue weighted by molar-refractivity contribution is 5.94. The Morgan fingerprint density at radius 1 is 1.08 bits per heavy atom. The molecule has 3 aromatic rings. The van der Waals surface area contributed by atoms with Gasteiger partial charge in [0.25, 0.3) is 0 Å². The average Bonchev–Trinajstić information content (AvgIpc) is 3.73. The Morgan fingerprint density at radius 2 is 1.92 bits per heavy atom. The summed E-state index contributed by atoms with van der Waals surface area (Å²) in [5.74, 6) is 4.01. The van der Waals surface area contributed by atoms with Crippen LogP contribution in [0.3, 0.4) is 0 Å². The number of fused-ring (bicyclic) bond motifs is 1. The van der Waals surface area contributed by atoms with E-state index < -0.39 is 0 Å². The number of hydrogen-bond donors (Lipinski definition) is 2. The summed E-state index contributed by atoms with van der Waals surface area (Å²) in [6.07, 6.45) is 15.0. The van der Waals surface area contributed by atoms with Gasteiger partial charge in [0.05, 0.1) is 11.7 Å². The predicted molar refractivity (Wildman–Crippen MR) is 146 cm³/mol. The first-order valence-electron chi connectivity index (χ1n) is 13.9. The van der Waals surface area contributed by atoms with Gasteiger partial charge in [0, 0.05) is 54.6 Å². The number of pyridine rings is 2. The van der Waals surface area contributed by atoms with Crippen LogP contribution in [0, 0.1) is 5.92 Å². The molecule has 2 aliphatic carbocycles. The lowest BCUT2D eigenvalue weighted by Gasteiger charge is -2.40. The molecule has 7 nitrogen and oxygen atoms in total. The van der Waals surface area contributed by atoms with Gasteiger partial charge in [-0.2, -0.15) is 0 Å². The van der Waals surface area contributed by atoms with E-state index in [4.69, 9.17) is 9.97 Å². The predicted octanol–water partition coefficient (Wildman–Crippen LogP) is 5.53. The fourth-order valence-corrected chi connectivity index (χ4v) is 6.11. The quantitative estimate of drug-likeness (QED) is 0.475. The number of nitrogens with zero attached hydrogens (tertiary/aromatic N) is 5. The van der Waals surface area contributed by atoms with Crippen LogP contribution in [0.5, 0.6) is 0 Å². The lowest BCUT2D eigenvalue weighted by molar-refractivity contribution is 0.328. The first-order valence-corrected chi connectivity index (χ1v) is 13.9. The van der Waals surface area contributed by atoms with E-state index in [0.717, 1.165) is 54.1 Å². The highest BCUT2D eigenvalue weighted by Gasteiger charge is 2.32. The Bertz CT molecular complexity index is 1230. The van der Waals surface area contributed by atoms with Crippen molar-refractivity contribution in [1.82, 2.24) is 25.3 Å². The van der Waals surface area contributed by atoms with Crippen LogP contribution in [-0.4, -0.2) is 51.2 Å². The molecule has 0 spiro atoms. The van der Waals surface area contributed by atoms with Gasteiger partial charge < -0.3 is 15.5 Å². The molecule has 1 saturated heterocycles. The Morgan fingerprint density at radius 3 is 2.69 bits per heavy atom. The van der Waals surface area contributed by atoms with Crippen molar-refractivity contribution in [2.45, 2.75) is 83.2 Å². The van der Waals surface area contributed by atoms with Crippen molar-refractivity contribution in [2.75, 3.05) is 29.9 Å². The van der Waals surface area contributed by atoms with Gasteiger partial charge in [-0.25, -0.2) is 15.0 Å². The highest BCUT2D eigenvalue weighted by Crippen LogP contribution is 2.45. The smallest absolute Gasteiger partial charge is 0.162 e. The Kier molecular flexibility index (Phi) is 6.28. The molecular weight excluding hydrogens is 446 g/mol. The van der Waals surface area contributed by atoms with E-state index in [1.165, 1.54) is 55.9 Å². The van der Waals surface area contributed by atoms with Crippen molar-refractivity contribution < 1.29 is 0 Å². The van der Waals surface area contributed by atoms with Crippen molar-refractivity contribution in [1.29, 1.82) is 0 Å². The average molecular weight is 486 g/mol. The first kappa shape index (κ1) is 23.6. The maximum atomic E-state index is 5.25. The third-order valence-electron chi connectivity index (χ3n) is 8.26. The third-order valence-corrected chi connectivity index (χ3v) is 8.26. The second kappa shape index (κ2) is 9.58. The van der Waals surface area contributed by atoms with E-state index >= 15 is 0 Å². The van der Waals surface area contributed by atoms with Crippen LogP contribution in [-0.2, 0) is 0 Å². The highest BCUT2D eigenvalue weighted by atomic mass is 15.3. The summed E-state index contributed by atoms with van der Waals surface area (Å²) < 4.78 is 0. The molecule has 4 heterocycles. The molecule has 6 rings (SSSR count). The number of piperazine rings is 1. The van der Waals surface area contributed by atoms with Crippen LogP contribution in [0.2, 0.25) is 0 Å². The molecule has 3 fully saturated rings. The van der Waals surface area contributed by atoms with E-state index in [1.807, 2.05) is 24.7 Å². The molecule has 1 aliphatic heterocycles. The summed E-state index contributed by atoms with van der Waals surface area (Å²) >= 11 is 0. The molecule has 0 unspecified atom stereocenters. The van der Waals surface area contributed by atoms with Gasteiger partial charge >= 0.3 is 0 Å². The molecular formula is C29H39N7. The molecule has 0 aromatic carbocycles. The van der Waals surface area contributed by atoms with Crippen molar-refractivity contribution in [3.05, 3.63) is 36.3 Å². The van der Waals surface area contributed by atoms with Gasteiger partial charge in [-0.05, 0) is 76.0 Å². The van der Waals surface area contributed by atoms with Gasteiger partial charge in [0.1, 0.15) is 11.6 Å². The zero-order valence-electron chi connectivity index (χ0n) is 21.9. The summed E-state index contributed by atoms with van der Waals surface area (Å²) in [4.78, 5) is 22.0. The fraction of sp³-hybridized carbons (Fsp3) is 0.586. The minimum absolute atomic E-state index is 0.0332. The molecule has 36 heavy (non-hydrogen) atoms. The number of rotatable bonds is 6. The molecule has 7 heteroatoms. The normalized spacial score (nSPS) is 21.5. The number of anilines is 2. The summed E-state index contributed by atoms with van der Waals surface area (Å²) in [5.41, 5.74) is 3.28. The molecule has 0 bridgehead atoms. The maximum Gasteiger partial charge on any atom is 0.162 e. The van der Waals surface area contributed by atoms with Gasteiger partial charge in [-0.15, -0.1) is 0 Å². The lowest BCUT2D eigenvalue weighted by Crippen LogP contribution is -2.57. The van der Waals surface area contributed by atoms with Crippen LogP contribution < -0.4 is 15.5 Å². The largest absolute Gasteiger partial charge is 0.367 e. The van der Waals surface area contributed by atoms with Crippen molar-refractivity contribution in [3.63, 3.8) is 0 Å². The Balaban J connectivity index is 1.38. The standard InChI is InChI=1S/C29H39N7/c1-19(20-7-5-4-6-8-20)33-25-15-22(11-12-31-25)27-34-24-17-30-16-23(21-9-10-21)26(24)28(35-27)36-14-13-32-29(2,3)18-36/h11-12,15-17,19-21,32H,4-10,13-14,18H2,1-3H3,(H,31,33)/t19-/m1/s1. The first-order chi connectivity index (χ1) is 17.5. The maximum absolute atomic E-state index is 5.25. The zero-order valence-corrected chi connectivity index (χ0v) is 21.9. The molecule has 0 amide bonds. The van der Waals surface area contributed by atoms with E-state index in [1.54, 1.807) is 0 Å². The van der Waals surface area contributed by atoms with Crippen LogP contribution in [0.4, 0.5) is 11.6 Å². The van der Waals surface area contributed by atoms with E-state index in [0.29, 0.717) is 12.0 Å². The monoisotopic (exact) mass is 485 g/mol. The van der Waals surface area contributed by atoms with Gasteiger partial charge in [-0.1, -0.05) is 19.3 Å². The van der Waals surface area contributed by atoms with Crippen molar-refractivity contribution in [2.24, 2.45) is 5.92 Å². The number of hydrogen-bond acceptors (Lipinski definition) is 7. The zero-order chi connectivity index (χ0) is 24.7. The van der Waals surface area contributed by atoms with E-state index in [9.17, 15) is 0 Å². The van der Waals surface area contributed by atoms with E-state index in [2.05, 4.69) is 52.3 Å². The van der Waals surface area contributed by atoms with Crippen LogP contribution in [0.25, 0.3) is 22.3 Å². The van der Waals surface area contributed by atoms with Crippen LogP contribution in [0.1, 0.15) is 77.2 Å². The van der Waals surface area contributed by atoms with Gasteiger partial charge in [0.15, 0.2) is 5.82 Å². The SMILES string of the molecule is C[C@@H](Nc1cc(-c2nc(N3CCNC(C)(C)C3)c3c(C4CC4)cncc3n2)ccn1)C1CCCCC1. The Labute approximate surface area is 214 Å². The summed E-state index contributed by atoms with van der Waals surface area (Å²) in [5, 5.41) is 8.51. The minimum Gasteiger partial charge on any atom is -0.367 e.